The Hall–Kier alpha value is -1.75. The van der Waals surface area contributed by atoms with Crippen LogP contribution in [0.1, 0.15) is 30.1 Å². The number of benzene rings is 1. The number of carboxylic acid groups (broad SMARTS) is 1. The number of carboxylic acids is 1. The Balaban J connectivity index is 2.02. The summed E-state index contributed by atoms with van der Waals surface area (Å²) in [6.45, 7) is 3.34. The molecule has 1 aromatic carbocycles. The first-order valence-corrected chi connectivity index (χ1v) is 6.97. The van der Waals surface area contributed by atoms with Gasteiger partial charge in [-0.15, -0.1) is 0 Å². The first-order chi connectivity index (χ1) is 9.51. The molecular weight excluding hydrogens is 280 g/mol. The Morgan fingerprint density at radius 1 is 1.45 bits per heavy atom. The van der Waals surface area contributed by atoms with E-state index in [-0.39, 0.29) is 16.6 Å². The molecule has 0 heterocycles. The Morgan fingerprint density at radius 2 is 2.15 bits per heavy atom. The minimum atomic E-state index is -1.09. The fraction of sp³-hybridized carbons (Fsp3) is 0.429. The Kier molecular flexibility index (Phi) is 4.49. The molecule has 1 saturated carbocycles. The van der Waals surface area contributed by atoms with Crippen molar-refractivity contribution >= 4 is 29.3 Å². The number of carbonyl (C=O) groups is 2. The van der Waals surface area contributed by atoms with Gasteiger partial charge in [-0.3, -0.25) is 0 Å². The maximum Gasteiger partial charge on any atom is 0.337 e. The van der Waals surface area contributed by atoms with Crippen LogP contribution in [0, 0.1) is 5.92 Å². The van der Waals surface area contributed by atoms with Gasteiger partial charge in [0.15, 0.2) is 0 Å². The number of hydrogen-bond donors (Lipinski definition) is 2. The normalized spacial score (nSPS) is 13.9. The zero-order valence-electron chi connectivity index (χ0n) is 11.2. The standard InChI is InChI=1S/C14H17ClN2O3/c1-2-17(8-9-3-4-9)14(20)16-10-5-6-11(13(18)19)12(15)7-10/h5-7,9H,2-4,8H2,1H3,(H,16,20)(H,18,19). The van der Waals surface area contributed by atoms with Crippen LogP contribution in [0.4, 0.5) is 10.5 Å². The van der Waals surface area contributed by atoms with Gasteiger partial charge >= 0.3 is 12.0 Å². The number of aromatic carboxylic acids is 1. The number of amides is 2. The fourth-order valence-electron chi connectivity index (χ4n) is 1.94. The van der Waals surface area contributed by atoms with Crippen LogP contribution in [0.2, 0.25) is 5.02 Å². The first-order valence-electron chi connectivity index (χ1n) is 6.60. The molecule has 0 atom stereocenters. The van der Waals surface area contributed by atoms with E-state index in [0.29, 0.717) is 18.2 Å². The van der Waals surface area contributed by atoms with Gasteiger partial charge < -0.3 is 15.3 Å². The Labute approximate surface area is 122 Å². The van der Waals surface area contributed by atoms with Crippen molar-refractivity contribution in [2.45, 2.75) is 19.8 Å². The third kappa shape index (κ3) is 3.63. The highest BCUT2D eigenvalue weighted by atomic mass is 35.5. The van der Waals surface area contributed by atoms with Gasteiger partial charge in [-0.2, -0.15) is 0 Å². The van der Waals surface area contributed by atoms with Crippen LogP contribution in [0.3, 0.4) is 0 Å². The average molecular weight is 297 g/mol. The van der Waals surface area contributed by atoms with E-state index in [4.69, 9.17) is 16.7 Å². The molecule has 0 radical (unpaired) electrons. The summed E-state index contributed by atoms with van der Waals surface area (Å²) in [7, 11) is 0. The number of hydrogen-bond acceptors (Lipinski definition) is 2. The van der Waals surface area contributed by atoms with Crippen LogP contribution in [0.15, 0.2) is 18.2 Å². The largest absolute Gasteiger partial charge is 0.478 e. The third-order valence-electron chi connectivity index (χ3n) is 3.30. The molecule has 1 aliphatic carbocycles. The van der Waals surface area contributed by atoms with Crippen molar-refractivity contribution < 1.29 is 14.7 Å². The summed E-state index contributed by atoms with van der Waals surface area (Å²) in [5.41, 5.74) is 0.522. The number of halogens is 1. The number of nitrogens with one attached hydrogen (secondary N) is 1. The molecule has 0 unspecified atom stereocenters. The highest BCUT2D eigenvalue weighted by molar-refractivity contribution is 6.33. The van der Waals surface area contributed by atoms with Crippen molar-refractivity contribution in [1.29, 1.82) is 0 Å². The maximum absolute atomic E-state index is 12.1. The van der Waals surface area contributed by atoms with E-state index in [1.54, 1.807) is 4.90 Å². The number of anilines is 1. The molecule has 20 heavy (non-hydrogen) atoms. The van der Waals surface area contributed by atoms with E-state index in [9.17, 15) is 9.59 Å². The van der Waals surface area contributed by atoms with Crippen molar-refractivity contribution in [2.24, 2.45) is 5.92 Å². The topological polar surface area (TPSA) is 69.6 Å². The van der Waals surface area contributed by atoms with Gasteiger partial charge in [0.25, 0.3) is 0 Å². The second-order valence-electron chi connectivity index (χ2n) is 4.91. The van der Waals surface area contributed by atoms with E-state index in [0.717, 1.165) is 6.54 Å². The second kappa shape index (κ2) is 6.13. The molecule has 6 heteroatoms. The summed E-state index contributed by atoms with van der Waals surface area (Å²) < 4.78 is 0. The van der Waals surface area contributed by atoms with E-state index in [1.165, 1.54) is 31.0 Å². The molecule has 5 nitrogen and oxygen atoms in total. The van der Waals surface area contributed by atoms with Gasteiger partial charge in [-0.05, 0) is 43.9 Å². The molecule has 1 aromatic rings. The Morgan fingerprint density at radius 3 is 2.65 bits per heavy atom. The SMILES string of the molecule is CCN(CC1CC1)C(=O)Nc1ccc(C(=O)O)c(Cl)c1. The predicted molar refractivity (Wildman–Crippen MR) is 77.4 cm³/mol. The zero-order valence-corrected chi connectivity index (χ0v) is 12.0. The minimum Gasteiger partial charge on any atom is -0.478 e. The Bertz CT molecular complexity index is 529. The van der Waals surface area contributed by atoms with E-state index >= 15 is 0 Å². The molecule has 0 spiro atoms. The summed E-state index contributed by atoms with van der Waals surface area (Å²) in [6, 6.07) is 4.20. The van der Waals surface area contributed by atoms with Gasteiger partial charge in [0.2, 0.25) is 0 Å². The van der Waals surface area contributed by atoms with Crippen LogP contribution in [-0.4, -0.2) is 35.1 Å². The summed E-state index contributed by atoms with van der Waals surface area (Å²) in [5.74, 6) is -0.463. The van der Waals surface area contributed by atoms with E-state index in [2.05, 4.69) is 5.32 Å². The molecule has 1 aliphatic rings. The number of carbonyl (C=O) groups excluding carboxylic acids is 1. The third-order valence-corrected chi connectivity index (χ3v) is 3.61. The highest BCUT2D eigenvalue weighted by Crippen LogP contribution is 2.30. The molecular formula is C14H17ClN2O3. The van der Waals surface area contributed by atoms with Gasteiger partial charge in [0.05, 0.1) is 10.6 Å². The van der Waals surface area contributed by atoms with Crippen molar-refractivity contribution in [3.8, 4) is 0 Å². The monoisotopic (exact) mass is 296 g/mol. The number of urea groups is 1. The van der Waals surface area contributed by atoms with Gasteiger partial charge in [0, 0.05) is 18.8 Å². The van der Waals surface area contributed by atoms with E-state index in [1.807, 2.05) is 6.92 Å². The quantitative estimate of drug-likeness (QED) is 0.876. The van der Waals surface area contributed by atoms with E-state index < -0.39 is 5.97 Å². The molecule has 0 aliphatic heterocycles. The molecule has 2 N–H and O–H groups in total. The molecule has 108 valence electrons. The molecule has 1 fully saturated rings. The van der Waals surface area contributed by atoms with Crippen molar-refractivity contribution in [3.05, 3.63) is 28.8 Å². The lowest BCUT2D eigenvalue weighted by atomic mass is 10.2. The highest BCUT2D eigenvalue weighted by Gasteiger charge is 2.26. The first kappa shape index (κ1) is 14.7. The zero-order chi connectivity index (χ0) is 14.7. The minimum absolute atomic E-state index is 0.0231. The smallest absolute Gasteiger partial charge is 0.337 e. The summed E-state index contributed by atoms with van der Waals surface area (Å²) in [4.78, 5) is 24.7. The molecule has 2 amide bonds. The van der Waals surface area contributed by atoms with Crippen LogP contribution in [0.5, 0.6) is 0 Å². The van der Waals surface area contributed by atoms with Gasteiger partial charge in [-0.1, -0.05) is 11.6 Å². The number of nitrogens with zero attached hydrogens (tertiary/aromatic N) is 1. The van der Waals surface area contributed by atoms with Crippen LogP contribution < -0.4 is 5.32 Å². The number of rotatable bonds is 5. The summed E-state index contributed by atoms with van der Waals surface area (Å²) in [6.07, 6.45) is 2.37. The van der Waals surface area contributed by atoms with Crippen LogP contribution in [0.25, 0.3) is 0 Å². The second-order valence-corrected chi connectivity index (χ2v) is 5.32. The lowest BCUT2D eigenvalue weighted by Gasteiger charge is -2.21. The molecule has 0 bridgehead atoms. The van der Waals surface area contributed by atoms with Crippen molar-refractivity contribution in [2.75, 3.05) is 18.4 Å². The van der Waals surface area contributed by atoms with Crippen LogP contribution in [-0.2, 0) is 0 Å². The molecule has 0 aromatic heterocycles. The average Bonchev–Trinajstić information content (AvgIpc) is 3.19. The maximum atomic E-state index is 12.1. The fourth-order valence-corrected chi connectivity index (χ4v) is 2.20. The van der Waals surface area contributed by atoms with Gasteiger partial charge in [-0.25, -0.2) is 9.59 Å². The summed E-state index contributed by atoms with van der Waals surface area (Å²) in [5, 5.41) is 11.7. The van der Waals surface area contributed by atoms with Gasteiger partial charge in [0.1, 0.15) is 0 Å². The van der Waals surface area contributed by atoms with Crippen molar-refractivity contribution in [3.63, 3.8) is 0 Å². The molecule has 2 rings (SSSR count). The molecule has 0 saturated heterocycles. The lowest BCUT2D eigenvalue weighted by Crippen LogP contribution is -2.36. The predicted octanol–water partition coefficient (Wildman–Crippen LogP) is 3.30. The summed E-state index contributed by atoms with van der Waals surface area (Å²) >= 11 is 5.87. The lowest BCUT2D eigenvalue weighted by molar-refractivity contribution is 0.0697. The van der Waals surface area contributed by atoms with Crippen molar-refractivity contribution in [1.82, 2.24) is 4.90 Å². The van der Waals surface area contributed by atoms with Crippen LogP contribution >= 0.6 is 11.6 Å².